The number of nitrogens with one attached hydrogen (secondary N) is 1. The van der Waals surface area contributed by atoms with E-state index in [1.165, 1.54) is 0 Å². The molecule has 1 aromatic heterocycles. The number of hydrogen-bond acceptors (Lipinski definition) is 3. The molecule has 19 heavy (non-hydrogen) atoms. The lowest BCUT2D eigenvalue weighted by Gasteiger charge is -2.11. The Balaban J connectivity index is 2.33. The van der Waals surface area contributed by atoms with Crippen molar-refractivity contribution in [2.45, 2.75) is 26.7 Å². The molecule has 1 heterocycles. The van der Waals surface area contributed by atoms with Gasteiger partial charge in [-0.3, -0.25) is 0 Å². The second-order valence-electron chi connectivity index (χ2n) is 4.30. The molecule has 0 aliphatic carbocycles. The average molecular weight is 341 g/mol. The highest BCUT2D eigenvalue weighted by Gasteiger charge is 2.07. The summed E-state index contributed by atoms with van der Waals surface area (Å²) in [6.45, 7) is 4.12. The zero-order chi connectivity index (χ0) is 13.8. The maximum atomic E-state index is 6.20. The van der Waals surface area contributed by atoms with E-state index in [0.29, 0.717) is 5.02 Å². The lowest BCUT2D eigenvalue weighted by atomic mass is 10.2. The highest BCUT2D eigenvalue weighted by Crippen LogP contribution is 2.28. The van der Waals surface area contributed by atoms with E-state index in [1.54, 1.807) is 0 Å². The van der Waals surface area contributed by atoms with Crippen LogP contribution in [0.1, 0.15) is 24.7 Å². The molecule has 100 valence electrons. The van der Waals surface area contributed by atoms with E-state index in [-0.39, 0.29) is 0 Å². The summed E-state index contributed by atoms with van der Waals surface area (Å²) < 4.78 is 0.776. The Morgan fingerprint density at radius 1 is 1.32 bits per heavy atom. The topological polar surface area (TPSA) is 37.8 Å². The number of benzene rings is 1. The van der Waals surface area contributed by atoms with Gasteiger partial charge in [0.1, 0.15) is 16.2 Å². The quantitative estimate of drug-likeness (QED) is 0.805. The summed E-state index contributed by atoms with van der Waals surface area (Å²) in [5.74, 6) is 1.57. The fourth-order valence-corrected chi connectivity index (χ4v) is 2.47. The predicted molar refractivity (Wildman–Crippen MR) is 83.2 cm³/mol. The fraction of sp³-hybridized carbons (Fsp3) is 0.286. The van der Waals surface area contributed by atoms with E-state index in [9.17, 15) is 0 Å². The first-order chi connectivity index (χ1) is 9.10. The lowest BCUT2D eigenvalue weighted by molar-refractivity contribution is 0.831. The van der Waals surface area contributed by atoms with Gasteiger partial charge >= 0.3 is 0 Å². The second-order valence-corrected chi connectivity index (χ2v) is 5.52. The molecule has 0 radical (unpaired) electrons. The minimum atomic E-state index is 0.687. The summed E-state index contributed by atoms with van der Waals surface area (Å²) in [5, 5.41) is 3.95. The summed E-state index contributed by atoms with van der Waals surface area (Å²) in [7, 11) is 0. The van der Waals surface area contributed by atoms with Crippen LogP contribution in [-0.2, 0) is 6.42 Å². The van der Waals surface area contributed by atoms with E-state index in [0.717, 1.165) is 40.3 Å². The van der Waals surface area contributed by atoms with Crippen molar-refractivity contribution in [3.8, 4) is 0 Å². The SMILES string of the molecule is CCCc1nc(Br)cc(Nc2c(C)cccc2Cl)n1. The van der Waals surface area contributed by atoms with Crippen molar-refractivity contribution in [1.29, 1.82) is 0 Å². The van der Waals surface area contributed by atoms with Crippen molar-refractivity contribution in [2.75, 3.05) is 5.32 Å². The van der Waals surface area contributed by atoms with Gasteiger partial charge in [-0.25, -0.2) is 9.97 Å². The Kier molecular flexibility index (Phi) is 4.77. The largest absolute Gasteiger partial charge is 0.339 e. The van der Waals surface area contributed by atoms with E-state index < -0.39 is 0 Å². The van der Waals surface area contributed by atoms with Crippen molar-refractivity contribution in [2.24, 2.45) is 0 Å². The van der Waals surface area contributed by atoms with Gasteiger partial charge in [-0.05, 0) is 40.9 Å². The highest BCUT2D eigenvalue weighted by atomic mass is 79.9. The van der Waals surface area contributed by atoms with E-state index in [4.69, 9.17) is 11.6 Å². The Morgan fingerprint density at radius 3 is 2.79 bits per heavy atom. The van der Waals surface area contributed by atoms with Gasteiger partial charge in [0.2, 0.25) is 0 Å². The van der Waals surface area contributed by atoms with Crippen LogP contribution in [0, 0.1) is 6.92 Å². The molecular weight excluding hydrogens is 326 g/mol. The van der Waals surface area contributed by atoms with Gasteiger partial charge in [0.15, 0.2) is 0 Å². The highest BCUT2D eigenvalue weighted by molar-refractivity contribution is 9.10. The van der Waals surface area contributed by atoms with Crippen LogP contribution < -0.4 is 5.32 Å². The molecule has 3 nitrogen and oxygen atoms in total. The number of aryl methyl sites for hydroxylation is 2. The molecule has 0 bridgehead atoms. The van der Waals surface area contributed by atoms with Gasteiger partial charge in [0.25, 0.3) is 0 Å². The average Bonchev–Trinajstić information content (AvgIpc) is 2.34. The van der Waals surface area contributed by atoms with Crippen LogP contribution in [0.3, 0.4) is 0 Å². The van der Waals surface area contributed by atoms with Gasteiger partial charge in [-0.1, -0.05) is 30.7 Å². The smallest absolute Gasteiger partial charge is 0.135 e. The van der Waals surface area contributed by atoms with Crippen molar-refractivity contribution in [3.05, 3.63) is 45.3 Å². The Morgan fingerprint density at radius 2 is 2.11 bits per heavy atom. The van der Waals surface area contributed by atoms with Crippen LogP contribution in [0.2, 0.25) is 5.02 Å². The van der Waals surface area contributed by atoms with Gasteiger partial charge in [0.05, 0.1) is 10.7 Å². The van der Waals surface area contributed by atoms with E-state index in [1.807, 2.05) is 31.2 Å². The lowest BCUT2D eigenvalue weighted by Crippen LogP contribution is -2.02. The Hall–Kier alpha value is -1.13. The first-order valence-electron chi connectivity index (χ1n) is 6.15. The van der Waals surface area contributed by atoms with Crippen LogP contribution in [0.15, 0.2) is 28.9 Å². The predicted octanol–water partition coefficient (Wildman–Crippen LogP) is 4.90. The van der Waals surface area contributed by atoms with Crippen molar-refractivity contribution < 1.29 is 0 Å². The van der Waals surface area contributed by atoms with Gasteiger partial charge in [-0.2, -0.15) is 0 Å². The molecule has 1 N–H and O–H groups in total. The number of anilines is 2. The Labute approximate surface area is 126 Å². The number of aromatic nitrogens is 2. The summed E-state index contributed by atoms with van der Waals surface area (Å²) in [6, 6.07) is 7.65. The van der Waals surface area contributed by atoms with Gasteiger partial charge in [-0.15, -0.1) is 0 Å². The summed E-state index contributed by atoms with van der Waals surface area (Å²) >= 11 is 9.61. The number of para-hydroxylation sites is 1. The number of rotatable bonds is 4. The summed E-state index contributed by atoms with van der Waals surface area (Å²) in [4.78, 5) is 8.83. The zero-order valence-electron chi connectivity index (χ0n) is 10.9. The second kappa shape index (κ2) is 6.35. The molecule has 5 heteroatoms. The van der Waals surface area contributed by atoms with E-state index in [2.05, 4.69) is 38.1 Å². The molecule has 0 saturated carbocycles. The molecule has 0 aliphatic rings. The molecule has 0 fully saturated rings. The van der Waals surface area contributed by atoms with Crippen molar-refractivity contribution >= 4 is 39.0 Å². The normalized spacial score (nSPS) is 10.5. The summed E-state index contributed by atoms with van der Waals surface area (Å²) in [6.07, 6.45) is 1.87. The fourth-order valence-electron chi connectivity index (χ4n) is 1.78. The first kappa shape index (κ1) is 14.3. The monoisotopic (exact) mass is 339 g/mol. The van der Waals surface area contributed by atoms with Crippen molar-refractivity contribution in [3.63, 3.8) is 0 Å². The third-order valence-corrected chi connectivity index (χ3v) is 3.41. The molecule has 1 aromatic carbocycles. The minimum absolute atomic E-state index is 0.687. The van der Waals surface area contributed by atoms with Gasteiger partial charge < -0.3 is 5.32 Å². The Bertz CT molecular complexity index is 567. The molecule has 0 saturated heterocycles. The minimum Gasteiger partial charge on any atom is -0.339 e. The van der Waals surface area contributed by atoms with Crippen LogP contribution in [0.25, 0.3) is 0 Å². The molecule has 0 amide bonds. The number of halogens is 2. The van der Waals surface area contributed by atoms with Crippen LogP contribution in [-0.4, -0.2) is 9.97 Å². The third kappa shape index (κ3) is 3.67. The molecule has 0 aliphatic heterocycles. The maximum Gasteiger partial charge on any atom is 0.135 e. The third-order valence-electron chi connectivity index (χ3n) is 2.69. The molecule has 2 rings (SSSR count). The molecule has 0 atom stereocenters. The van der Waals surface area contributed by atoms with Gasteiger partial charge in [0, 0.05) is 12.5 Å². The van der Waals surface area contributed by atoms with Crippen LogP contribution >= 0.6 is 27.5 Å². The molecule has 0 unspecified atom stereocenters. The molecule has 2 aromatic rings. The standard InChI is InChI=1S/C14H15BrClN3/c1-3-5-12-17-11(15)8-13(18-12)19-14-9(2)6-4-7-10(14)16/h4,6-8H,3,5H2,1-2H3,(H,17,18,19). The van der Waals surface area contributed by atoms with E-state index >= 15 is 0 Å². The number of nitrogens with zero attached hydrogens (tertiary/aromatic N) is 2. The molecule has 0 spiro atoms. The number of hydrogen-bond donors (Lipinski definition) is 1. The van der Waals surface area contributed by atoms with Crippen LogP contribution in [0.4, 0.5) is 11.5 Å². The zero-order valence-corrected chi connectivity index (χ0v) is 13.2. The molecular formula is C14H15BrClN3. The first-order valence-corrected chi connectivity index (χ1v) is 7.33. The van der Waals surface area contributed by atoms with Crippen molar-refractivity contribution in [1.82, 2.24) is 9.97 Å². The summed E-state index contributed by atoms with van der Waals surface area (Å²) in [5.41, 5.74) is 1.97. The maximum absolute atomic E-state index is 6.20. The van der Waals surface area contributed by atoms with Crippen LogP contribution in [0.5, 0.6) is 0 Å².